The van der Waals surface area contributed by atoms with Gasteiger partial charge in [-0.25, -0.2) is 0 Å². The second-order valence-electron chi connectivity index (χ2n) is 3.52. The molecule has 2 aromatic rings. The van der Waals surface area contributed by atoms with Gasteiger partial charge in [0.1, 0.15) is 0 Å². The summed E-state index contributed by atoms with van der Waals surface area (Å²) in [6.07, 6.45) is 1.61. The molecule has 0 radical (unpaired) electrons. The van der Waals surface area contributed by atoms with E-state index in [9.17, 15) is 0 Å². The molecule has 0 aliphatic carbocycles. The lowest BCUT2D eigenvalue weighted by atomic mass is 10.1. The maximum Gasteiger partial charge on any atom is 0.176 e. The van der Waals surface area contributed by atoms with Gasteiger partial charge in [-0.3, -0.25) is 0 Å². The molecule has 2 rings (SSSR count). The summed E-state index contributed by atoms with van der Waals surface area (Å²) in [5, 5.41) is 12.3. The molecule has 84 valence electrons. The Morgan fingerprint density at radius 3 is 2.88 bits per heavy atom. The van der Waals surface area contributed by atoms with Gasteiger partial charge in [0.2, 0.25) is 0 Å². The van der Waals surface area contributed by atoms with Crippen LogP contribution in [0.2, 0.25) is 0 Å². The SMILES string of the molecule is CCc1ccccc1-n1nnc(CCN)n1. The number of rotatable bonds is 4. The van der Waals surface area contributed by atoms with E-state index in [4.69, 9.17) is 5.73 Å². The van der Waals surface area contributed by atoms with Gasteiger partial charge in [-0.1, -0.05) is 25.1 Å². The Balaban J connectivity index is 2.34. The van der Waals surface area contributed by atoms with Crippen molar-refractivity contribution in [1.29, 1.82) is 0 Å². The third-order valence-corrected chi connectivity index (χ3v) is 2.41. The van der Waals surface area contributed by atoms with E-state index in [-0.39, 0.29) is 0 Å². The summed E-state index contributed by atoms with van der Waals surface area (Å²) in [7, 11) is 0. The lowest BCUT2D eigenvalue weighted by molar-refractivity contribution is 0.709. The number of para-hydroxylation sites is 1. The number of aromatic nitrogens is 4. The zero-order valence-electron chi connectivity index (χ0n) is 9.30. The van der Waals surface area contributed by atoms with Crippen molar-refractivity contribution >= 4 is 0 Å². The van der Waals surface area contributed by atoms with Crippen molar-refractivity contribution in [2.24, 2.45) is 5.73 Å². The van der Waals surface area contributed by atoms with Crippen LogP contribution < -0.4 is 5.73 Å². The smallest absolute Gasteiger partial charge is 0.176 e. The summed E-state index contributed by atoms with van der Waals surface area (Å²) in [5.74, 6) is 0.688. The monoisotopic (exact) mass is 217 g/mol. The fraction of sp³-hybridized carbons (Fsp3) is 0.364. The molecule has 0 amide bonds. The molecule has 0 unspecified atom stereocenters. The van der Waals surface area contributed by atoms with Crippen LogP contribution >= 0.6 is 0 Å². The van der Waals surface area contributed by atoms with E-state index in [1.807, 2.05) is 18.2 Å². The zero-order valence-corrected chi connectivity index (χ0v) is 9.30. The second kappa shape index (κ2) is 4.85. The lowest BCUT2D eigenvalue weighted by Gasteiger charge is -2.04. The Hall–Kier alpha value is -1.75. The molecule has 0 fully saturated rings. The van der Waals surface area contributed by atoms with Gasteiger partial charge < -0.3 is 5.73 Å². The van der Waals surface area contributed by atoms with Gasteiger partial charge in [0.15, 0.2) is 5.82 Å². The number of benzene rings is 1. The third kappa shape index (κ3) is 2.09. The Bertz CT molecular complexity index is 463. The Morgan fingerprint density at radius 1 is 1.31 bits per heavy atom. The molecule has 0 saturated heterocycles. The molecule has 2 N–H and O–H groups in total. The molecule has 0 aliphatic heterocycles. The summed E-state index contributed by atoms with van der Waals surface area (Å²) in [6.45, 7) is 2.65. The fourth-order valence-electron chi connectivity index (χ4n) is 1.58. The maximum absolute atomic E-state index is 5.45. The van der Waals surface area contributed by atoms with E-state index in [1.54, 1.807) is 4.80 Å². The molecule has 0 atom stereocenters. The van der Waals surface area contributed by atoms with Gasteiger partial charge in [-0.15, -0.1) is 15.0 Å². The molecule has 1 heterocycles. The number of tetrazole rings is 1. The largest absolute Gasteiger partial charge is 0.330 e. The number of hydrogen-bond acceptors (Lipinski definition) is 4. The standard InChI is InChI=1S/C11H15N5/c1-2-9-5-3-4-6-10(9)16-14-11(7-8-12)13-15-16/h3-6H,2,7-8,12H2,1H3. The van der Waals surface area contributed by atoms with Gasteiger partial charge in [-0.2, -0.15) is 0 Å². The van der Waals surface area contributed by atoms with Crippen molar-refractivity contribution < 1.29 is 0 Å². The van der Waals surface area contributed by atoms with Crippen molar-refractivity contribution in [3.63, 3.8) is 0 Å². The average Bonchev–Trinajstić information content (AvgIpc) is 2.78. The normalized spacial score (nSPS) is 10.6. The number of hydrogen-bond donors (Lipinski definition) is 1. The average molecular weight is 217 g/mol. The van der Waals surface area contributed by atoms with Gasteiger partial charge in [0.05, 0.1) is 5.69 Å². The van der Waals surface area contributed by atoms with Crippen molar-refractivity contribution in [3.05, 3.63) is 35.7 Å². The molecule has 0 spiro atoms. The van der Waals surface area contributed by atoms with Crippen LogP contribution in [-0.2, 0) is 12.8 Å². The van der Waals surface area contributed by atoms with E-state index >= 15 is 0 Å². The molecule has 1 aromatic carbocycles. The summed E-state index contributed by atoms with van der Waals surface area (Å²) in [6, 6.07) is 8.05. The van der Waals surface area contributed by atoms with Crippen molar-refractivity contribution in [3.8, 4) is 5.69 Å². The van der Waals surface area contributed by atoms with Crippen LogP contribution in [-0.4, -0.2) is 26.8 Å². The topological polar surface area (TPSA) is 69.6 Å². The molecule has 0 saturated carbocycles. The van der Waals surface area contributed by atoms with Crippen LogP contribution in [0.15, 0.2) is 24.3 Å². The highest BCUT2D eigenvalue weighted by Crippen LogP contribution is 2.12. The van der Waals surface area contributed by atoms with E-state index < -0.39 is 0 Å². The molecule has 0 aliphatic rings. The van der Waals surface area contributed by atoms with Gasteiger partial charge in [-0.05, 0) is 29.8 Å². The van der Waals surface area contributed by atoms with Crippen LogP contribution in [0.3, 0.4) is 0 Å². The predicted molar refractivity (Wildman–Crippen MR) is 61.3 cm³/mol. The first-order chi connectivity index (χ1) is 7.85. The van der Waals surface area contributed by atoms with Crippen molar-refractivity contribution in [1.82, 2.24) is 20.2 Å². The van der Waals surface area contributed by atoms with E-state index in [2.05, 4.69) is 28.4 Å². The van der Waals surface area contributed by atoms with E-state index in [0.29, 0.717) is 18.8 Å². The van der Waals surface area contributed by atoms with Crippen LogP contribution in [0.1, 0.15) is 18.3 Å². The number of nitrogens with zero attached hydrogens (tertiary/aromatic N) is 4. The minimum Gasteiger partial charge on any atom is -0.330 e. The number of aryl methyl sites for hydroxylation is 1. The number of nitrogens with two attached hydrogens (primary N) is 1. The summed E-state index contributed by atoms with van der Waals surface area (Å²) < 4.78 is 0. The second-order valence-corrected chi connectivity index (χ2v) is 3.52. The van der Waals surface area contributed by atoms with Crippen LogP contribution in [0, 0.1) is 0 Å². The highest BCUT2D eigenvalue weighted by Gasteiger charge is 2.06. The van der Waals surface area contributed by atoms with Gasteiger partial charge >= 0.3 is 0 Å². The lowest BCUT2D eigenvalue weighted by Crippen LogP contribution is -2.06. The summed E-state index contributed by atoms with van der Waals surface area (Å²) >= 11 is 0. The first kappa shape index (κ1) is 10.8. The molecular formula is C11H15N5. The van der Waals surface area contributed by atoms with Crippen molar-refractivity contribution in [2.45, 2.75) is 19.8 Å². The maximum atomic E-state index is 5.45. The van der Waals surface area contributed by atoms with E-state index in [0.717, 1.165) is 12.1 Å². The molecular weight excluding hydrogens is 202 g/mol. The minimum atomic E-state index is 0.543. The molecule has 5 nitrogen and oxygen atoms in total. The summed E-state index contributed by atoms with van der Waals surface area (Å²) in [4.78, 5) is 1.57. The minimum absolute atomic E-state index is 0.543. The first-order valence-electron chi connectivity index (χ1n) is 5.42. The first-order valence-corrected chi connectivity index (χ1v) is 5.42. The summed E-state index contributed by atoms with van der Waals surface area (Å²) in [5.41, 5.74) is 7.64. The van der Waals surface area contributed by atoms with Crippen LogP contribution in [0.25, 0.3) is 5.69 Å². The molecule has 1 aromatic heterocycles. The quantitative estimate of drug-likeness (QED) is 0.819. The van der Waals surface area contributed by atoms with Gasteiger partial charge in [0.25, 0.3) is 0 Å². The fourth-order valence-corrected chi connectivity index (χ4v) is 1.58. The zero-order chi connectivity index (χ0) is 11.4. The van der Waals surface area contributed by atoms with E-state index in [1.165, 1.54) is 5.56 Å². The molecule has 5 heteroatoms. The van der Waals surface area contributed by atoms with Crippen LogP contribution in [0.5, 0.6) is 0 Å². The third-order valence-electron chi connectivity index (χ3n) is 2.41. The van der Waals surface area contributed by atoms with Crippen molar-refractivity contribution in [2.75, 3.05) is 6.54 Å². The predicted octanol–water partition coefficient (Wildman–Crippen LogP) is 0.726. The van der Waals surface area contributed by atoms with Crippen LogP contribution in [0.4, 0.5) is 0 Å². The highest BCUT2D eigenvalue weighted by molar-refractivity contribution is 5.38. The Kier molecular flexibility index (Phi) is 3.26. The van der Waals surface area contributed by atoms with Gasteiger partial charge in [0, 0.05) is 6.42 Å². The highest BCUT2D eigenvalue weighted by atomic mass is 15.6. The Morgan fingerprint density at radius 2 is 2.12 bits per heavy atom. The molecule has 0 bridgehead atoms. The Labute approximate surface area is 94.3 Å². The molecule has 16 heavy (non-hydrogen) atoms.